The predicted molar refractivity (Wildman–Crippen MR) is 75.0 cm³/mol. The van der Waals surface area contributed by atoms with Crippen LogP contribution in [-0.2, 0) is 16.3 Å². The van der Waals surface area contributed by atoms with Gasteiger partial charge in [-0.25, -0.2) is 8.42 Å². The molecule has 5 heteroatoms. The molecule has 2 rings (SSSR count). The molecule has 0 bridgehead atoms. The van der Waals surface area contributed by atoms with E-state index in [4.69, 9.17) is 0 Å². The SMILES string of the molecule is CCS(=O)(=O)CCCN1CCc2ccccc2C1=O. The second kappa shape index (κ2) is 5.74. The molecule has 0 aromatic heterocycles. The summed E-state index contributed by atoms with van der Waals surface area (Å²) in [4.78, 5) is 14.0. The van der Waals surface area contributed by atoms with Crippen LogP contribution in [0.4, 0.5) is 0 Å². The van der Waals surface area contributed by atoms with E-state index in [1.54, 1.807) is 11.8 Å². The summed E-state index contributed by atoms with van der Waals surface area (Å²) in [6.45, 7) is 2.85. The van der Waals surface area contributed by atoms with Crippen molar-refractivity contribution in [1.82, 2.24) is 4.90 Å². The maximum Gasteiger partial charge on any atom is 0.254 e. The fourth-order valence-electron chi connectivity index (χ4n) is 2.31. The van der Waals surface area contributed by atoms with Crippen LogP contribution in [0, 0.1) is 0 Å². The van der Waals surface area contributed by atoms with Gasteiger partial charge in [0.05, 0.1) is 5.75 Å². The van der Waals surface area contributed by atoms with Gasteiger partial charge in [0.25, 0.3) is 5.91 Å². The summed E-state index contributed by atoms with van der Waals surface area (Å²) in [7, 11) is -2.94. The third-order valence-electron chi connectivity index (χ3n) is 3.51. The molecule has 0 saturated heterocycles. The van der Waals surface area contributed by atoms with E-state index in [1.165, 1.54) is 0 Å². The number of fused-ring (bicyclic) bond motifs is 1. The molecule has 0 aliphatic carbocycles. The Morgan fingerprint density at radius 3 is 2.74 bits per heavy atom. The van der Waals surface area contributed by atoms with Crippen molar-refractivity contribution in [2.75, 3.05) is 24.6 Å². The summed E-state index contributed by atoms with van der Waals surface area (Å²) in [5, 5.41) is 0. The highest BCUT2D eigenvalue weighted by molar-refractivity contribution is 7.91. The fraction of sp³-hybridized carbons (Fsp3) is 0.500. The van der Waals surface area contributed by atoms with E-state index in [1.807, 2.05) is 24.3 Å². The minimum Gasteiger partial charge on any atom is -0.338 e. The van der Waals surface area contributed by atoms with Gasteiger partial charge in [0.1, 0.15) is 9.84 Å². The predicted octanol–water partition coefficient (Wildman–Crippen LogP) is 1.51. The van der Waals surface area contributed by atoms with Crippen LogP contribution in [0.3, 0.4) is 0 Å². The molecule has 1 aromatic carbocycles. The Balaban J connectivity index is 1.96. The average Bonchev–Trinajstić information content (AvgIpc) is 2.42. The summed E-state index contributed by atoms with van der Waals surface area (Å²) in [5.74, 6) is 0.356. The molecule has 0 fully saturated rings. The number of carbonyl (C=O) groups excluding carboxylic acids is 1. The Morgan fingerprint density at radius 1 is 1.26 bits per heavy atom. The van der Waals surface area contributed by atoms with E-state index >= 15 is 0 Å². The monoisotopic (exact) mass is 281 g/mol. The van der Waals surface area contributed by atoms with E-state index < -0.39 is 9.84 Å². The van der Waals surface area contributed by atoms with Gasteiger partial charge in [-0.1, -0.05) is 25.1 Å². The lowest BCUT2D eigenvalue weighted by molar-refractivity contribution is 0.0740. The Hall–Kier alpha value is -1.36. The molecule has 1 aromatic rings. The van der Waals surface area contributed by atoms with Crippen molar-refractivity contribution in [3.05, 3.63) is 35.4 Å². The minimum absolute atomic E-state index is 0.0238. The van der Waals surface area contributed by atoms with Crippen molar-refractivity contribution in [3.63, 3.8) is 0 Å². The lowest BCUT2D eigenvalue weighted by Crippen LogP contribution is -2.38. The zero-order valence-electron chi connectivity index (χ0n) is 11.1. The van der Waals surface area contributed by atoms with Crippen molar-refractivity contribution in [1.29, 1.82) is 0 Å². The second-order valence-corrected chi connectivity index (χ2v) is 7.26. The van der Waals surface area contributed by atoms with Crippen LogP contribution in [0.2, 0.25) is 0 Å². The molecule has 0 spiro atoms. The highest BCUT2D eigenvalue weighted by Crippen LogP contribution is 2.18. The summed E-state index contributed by atoms with van der Waals surface area (Å²) >= 11 is 0. The van der Waals surface area contributed by atoms with Gasteiger partial charge in [-0.05, 0) is 24.5 Å². The maximum absolute atomic E-state index is 12.2. The minimum atomic E-state index is -2.94. The Labute approximate surface area is 114 Å². The summed E-state index contributed by atoms with van der Waals surface area (Å²) in [6.07, 6.45) is 1.37. The number of carbonyl (C=O) groups is 1. The van der Waals surface area contributed by atoms with E-state index in [-0.39, 0.29) is 17.4 Å². The van der Waals surface area contributed by atoms with Crippen LogP contribution in [0.1, 0.15) is 29.3 Å². The molecule has 1 amide bonds. The van der Waals surface area contributed by atoms with E-state index in [0.717, 1.165) is 17.5 Å². The number of rotatable bonds is 5. The molecule has 0 unspecified atom stereocenters. The Bertz CT molecular complexity index is 566. The third kappa shape index (κ3) is 3.35. The molecule has 1 heterocycles. The molecule has 0 saturated carbocycles. The second-order valence-electron chi connectivity index (χ2n) is 4.79. The number of hydrogen-bond acceptors (Lipinski definition) is 3. The lowest BCUT2D eigenvalue weighted by atomic mass is 9.99. The van der Waals surface area contributed by atoms with Crippen LogP contribution >= 0.6 is 0 Å². The standard InChI is InChI=1S/C14H19NO3S/c1-2-19(17,18)11-5-9-15-10-8-12-6-3-4-7-13(12)14(15)16/h3-4,6-7H,2,5,8-11H2,1H3. The zero-order valence-corrected chi connectivity index (χ0v) is 11.9. The molecule has 0 radical (unpaired) electrons. The largest absolute Gasteiger partial charge is 0.338 e. The average molecular weight is 281 g/mol. The van der Waals surface area contributed by atoms with Crippen LogP contribution in [0.25, 0.3) is 0 Å². The van der Waals surface area contributed by atoms with Crippen molar-refractivity contribution in [2.24, 2.45) is 0 Å². The topological polar surface area (TPSA) is 54.5 Å². The van der Waals surface area contributed by atoms with Gasteiger partial charge in [0, 0.05) is 24.4 Å². The van der Waals surface area contributed by atoms with Crippen molar-refractivity contribution in [2.45, 2.75) is 19.8 Å². The van der Waals surface area contributed by atoms with Gasteiger partial charge >= 0.3 is 0 Å². The molecular formula is C14H19NO3S. The number of amides is 1. The summed E-state index contributed by atoms with van der Waals surface area (Å²) < 4.78 is 22.8. The quantitative estimate of drug-likeness (QED) is 0.822. The number of benzene rings is 1. The smallest absolute Gasteiger partial charge is 0.254 e. The molecule has 1 aliphatic heterocycles. The van der Waals surface area contributed by atoms with Crippen LogP contribution in [0.5, 0.6) is 0 Å². The zero-order chi connectivity index (χ0) is 13.9. The first-order valence-electron chi connectivity index (χ1n) is 6.61. The highest BCUT2D eigenvalue weighted by Gasteiger charge is 2.23. The highest BCUT2D eigenvalue weighted by atomic mass is 32.2. The molecular weight excluding hydrogens is 262 g/mol. The van der Waals surface area contributed by atoms with Gasteiger partial charge in [-0.15, -0.1) is 0 Å². The van der Waals surface area contributed by atoms with E-state index in [2.05, 4.69) is 0 Å². The molecule has 19 heavy (non-hydrogen) atoms. The molecule has 0 atom stereocenters. The van der Waals surface area contributed by atoms with Gasteiger partial charge < -0.3 is 4.90 Å². The number of hydrogen-bond donors (Lipinski definition) is 0. The Morgan fingerprint density at radius 2 is 2.00 bits per heavy atom. The maximum atomic E-state index is 12.2. The van der Waals surface area contributed by atoms with E-state index in [0.29, 0.717) is 19.5 Å². The number of nitrogens with zero attached hydrogens (tertiary/aromatic N) is 1. The van der Waals surface area contributed by atoms with Crippen LogP contribution in [-0.4, -0.2) is 43.8 Å². The van der Waals surface area contributed by atoms with Crippen LogP contribution in [0.15, 0.2) is 24.3 Å². The molecule has 4 nitrogen and oxygen atoms in total. The third-order valence-corrected chi connectivity index (χ3v) is 5.30. The normalized spacial score (nSPS) is 15.4. The first-order chi connectivity index (χ1) is 9.03. The number of sulfone groups is 1. The molecule has 0 N–H and O–H groups in total. The fourth-order valence-corrected chi connectivity index (χ4v) is 3.16. The van der Waals surface area contributed by atoms with Gasteiger partial charge in [-0.3, -0.25) is 4.79 Å². The first kappa shape index (κ1) is 14.1. The van der Waals surface area contributed by atoms with Gasteiger partial charge in [0.15, 0.2) is 0 Å². The van der Waals surface area contributed by atoms with Crippen LogP contribution < -0.4 is 0 Å². The van der Waals surface area contributed by atoms with Gasteiger partial charge in [0.2, 0.25) is 0 Å². The lowest BCUT2D eigenvalue weighted by Gasteiger charge is -2.28. The summed E-state index contributed by atoms with van der Waals surface area (Å²) in [6, 6.07) is 7.62. The first-order valence-corrected chi connectivity index (χ1v) is 8.43. The molecule has 1 aliphatic rings. The van der Waals surface area contributed by atoms with E-state index in [9.17, 15) is 13.2 Å². The van der Waals surface area contributed by atoms with Gasteiger partial charge in [-0.2, -0.15) is 0 Å². The Kier molecular flexibility index (Phi) is 4.24. The van der Waals surface area contributed by atoms with Crippen molar-refractivity contribution in [3.8, 4) is 0 Å². The molecule has 104 valence electrons. The van der Waals surface area contributed by atoms with Crippen molar-refractivity contribution >= 4 is 15.7 Å². The summed E-state index contributed by atoms with van der Waals surface area (Å²) in [5.41, 5.74) is 1.84. The van der Waals surface area contributed by atoms with Crippen molar-refractivity contribution < 1.29 is 13.2 Å².